The van der Waals surface area contributed by atoms with Gasteiger partial charge in [0.1, 0.15) is 0 Å². The maximum absolute atomic E-state index is 12.1. The minimum Gasteiger partial charge on any atom is -0.387 e. The molecule has 6 nitrogen and oxygen atoms in total. The Hall–Kier alpha value is -0.920. The largest absolute Gasteiger partial charge is 0.387 e. The zero-order chi connectivity index (χ0) is 12.7. The number of rotatable bonds is 4. The highest BCUT2D eigenvalue weighted by Crippen LogP contribution is 2.29. The van der Waals surface area contributed by atoms with E-state index in [1.165, 1.54) is 16.8 Å². The first-order valence-electron chi connectivity index (χ1n) is 5.65. The van der Waals surface area contributed by atoms with Gasteiger partial charge in [-0.25, -0.2) is 13.4 Å². The van der Waals surface area contributed by atoms with Gasteiger partial charge >= 0.3 is 0 Å². The lowest BCUT2D eigenvalue weighted by Gasteiger charge is -2.44. The second kappa shape index (κ2) is 4.08. The van der Waals surface area contributed by atoms with E-state index in [-0.39, 0.29) is 18.1 Å². The Bertz CT molecular complexity index is 503. The highest BCUT2D eigenvalue weighted by molar-refractivity contribution is 7.89. The van der Waals surface area contributed by atoms with Crippen LogP contribution in [0, 0.1) is 0 Å². The summed E-state index contributed by atoms with van der Waals surface area (Å²) in [6, 6.07) is 0. The second-order valence-corrected chi connectivity index (χ2v) is 6.28. The monoisotopic (exact) mass is 259 g/mol. The van der Waals surface area contributed by atoms with Crippen molar-refractivity contribution in [1.82, 2.24) is 13.9 Å². The fourth-order valence-corrected chi connectivity index (χ4v) is 3.32. The zero-order valence-corrected chi connectivity index (χ0v) is 10.8. The lowest BCUT2D eigenvalue weighted by atomic mass is 9.94. The van der Waals surface area contributed by atoms with Gasteiger partial charge in [-0.2, -0.15) is 4.31 Å². The van der Waals surface area contributed by atoms with Crippen molar-refractivity contribution >= 4 is 10.0 Å². The molecule has 1 saturated heterocycles. The molecule has 2 heterocycles. The summed E-state index contributed by atoms with van der Waals surface area (Å²) >= 11 is 0. The van der Waals surface area contributed by atoms with E-state index in [0.717, 1.165) is 0 Å². The van der Waals surface area contributed by atoms with E-state index in [1.807, 2.05) is 13.8 Å². The van der Waals surface area contributed by atoms with Gasteiger partial charge in [0.2, 0.25) is 0 Å². The van der Waals surface area contributed by atoms with Crippen molar-refractivity contribution in [2.75, 3.05) is 13.1 Å². The van der Waals surface area contributed by atoms with Gasteiger partial charge in [-0.3, -0.25) is 0 Å². The molecular formula is C10H17N3O3S. The molecule has 1 fully saturated rings. The molecule has 0 unspecified atom stereocenters. The summed E-state index contributed by atoms with van der Waals surface area (Å²) < 4.78 is 27.1. The van der Waals surface area contributed by atoms with Gasteiger partial charge in [0.25, 0.3) is 10.0 Å². The van der Waals surface area contributed by atoms with Crippen molar-refractivity contribution in [2.24, 2.45) is 0 Å². The van der Waals surface area contributed by atoms with Crippen molar-refractivity contribution in [2.45, 2.75) is 37.4 Å². The topological polar surface area (TPSA) is 75.4 Å². The van der Waals surface area contributed by atoms with E-state index in [1.54, 1.807) is 4.57 Å². The van der Waals surface area contributed by atoms with Gasteiger partial charge in [0, 0.05) is 25.8 Å². The van der Waals surface area contributed by atoms with Crippen LogP contribution in [0.25, 0.3) is 0 Å². The predicted molar refractivity (Wildman–Crippen MR) is 61.9 cm³/mol. The maximum Gasteiger partial charge on any atom is 0.262 e. The summed E-state index contributed by atoms with van der Waals surface area (Å²) in [5.74, 6) is 0. The molecule has 96 valence electrons. The van der Waals surface area contributed by atoms with Gasteiger partial charge in [-0.1, -0.05) is 6.92 Å². The number of hydrogen-bond acceptors (Lipinski definition) is 4. The first-order valence-corrected chi connectivity index (χ1v) is 7.09. The molecule has 1 aliphatic heterocycles. The molecule has 0 spiro atoms. The third-order valence-electron chi connectivity index (χ3n) is 3.18. The fraction of sp³-hybridized carbons (Fsp3) is 0.700. The van der Waals surface area contributed by atoms with Gasteiger partial charge in [0.05, 0.1) is 11.9 Å². The Labute approximate surface area is 101 Å². The van der Waals surface area contributed by atoms with E-state index in [9.17, 15) is 13.5 Å². The lowest BCUT2D eigenvalue weighted by Crippen LogP contribution is -2.62. The number of nitrogens with zero attached hydrogens (tertiary/aromatic N) is 3. The first kappa shape index (κ1) is 12.5. The first-order chi connectivity index (χ1) is 7.91. The van der Waals surface area contributed by atoms with Gasteiger partial charge in [-0.05, 0) is 13.3 Å². The zero-order valence-electron chi connectivity index (χ0n) is 10.00. The Morgan fingerprint density at radius 2 is 2.12 bits per heavy atom. The van der Waals surface area contributed by atoms with Crippen LogP contribution >= 0.6 is 0 Å². The molecule has 1 N–H and O–H groups in total. The minimum atomic E-state index is -3.53. The quantitative estimate of drug-likeness (QED) is 0.829. The molecule has 7 heteroatoms. The van der Waals surface area contributed by atoms with Crippen molar-refractivity contribution in [3.63, 3.8) is 0 Å². The number of aryl methyl sites for hydroxylation is 1. The summed E-state index contributed by atoms with van der Waals surface area (Å²) in [6.07, 6.45) is 3.57. The Kier molecular flexibility index (Phi) is 3.01. The smallest absolute Gasteiger partial charge is 0.262 e. The summed E-state index contributed by atoms with van der Waals surface area (Å²) in [4.78, 5) is 3.89. The maximum atomic E-state index is 12.1. The van der Waals surface area contributed by atoms with Crippen molar-refractivity contribution in [1.29, 1.82) is 0 Å². The number of aromatic nitrogens is 2. The Morgan fingerprint density at radius 3 is 2.59 bits per heavy atom. The molecule has 0 atom stereocenters. The Morgan fingerprint density at radius 1 is 1.47 bits per heavy atom. The van der Waals surface area contributed by atoms with Crippen LogP contribution in [0.2, 0.25) is 0 Å². The van der Waals surface area contributed by atoms with E-state index in [4.69, 9.17) is 0 Å². The fourth-order valence-electron chi connectivity index (χ4n) is 1.78. The normalized spacial score (nSPS) is 20.2. The van der Waals surface area contributed by atoms with E-state index in [2.05, 4.69) is 4.98 Å². The number of β-amino-alcohol motifs (C(OH)–C–C–N with tert-alkyl or cyclic N) is 1. The molecule has 0 radical (unpaired) electrons. The molecule has 0 amide bonds. The minimum absolute atomic E-state index is 0.0532. The molecule has 0 bridgehead atoms. The van der Waals surface area contributed by atoms with Gasteiger partial charge in [0.15, 0.2) is 5.03 Å². The third kappa shape index (κ3) is 2.10. The van der Waals surface area contributed by atoms with Gasteiger partial charge < -0.3 is 9.67 Å². The van der Waals surface area contributed by atoms with Crippen LogP contribution in [0.3, 0.4) is 0 Å². The molecule has 17 heavy (non-hydrogen) atoms. The average molecular weight is 259 g/mol. The summed E-state index contributed by atoms with van der Waals surface area (Å²) in [7, 11) is -3.53. The second-order valence-electron chi connectivity index (χ2n) is 4.39. The summed E-state index contributed by atoms with van der Waals surface area (Å²) in [5.41, 5.74) is -0.861. The summed E-state index contributed by atoms with van der Waals surface area (Å²) in [6.45, 7) is 4.75. The molecule has 0 saturated carbocycles. The highest BCUT2D eigenvalue weighted by Gasteiger charge is 2.46. The standard InChI is InChI=1S/C10H17N3O3S/c1-3-10(14)6-13(7-10)17(15,16)9-5-12(4-2)8-11-9/h5,8,14H,3-4,6-7H2,1-2H3. The molecular weight excluding hydrogens is 242 g/mol. The molecule has 1 aromatic rings. The van der Waals surface area contributed by atoms with Crippen molar-refractivity contribution < 1.29 is 13.5 Å². The van der Waals surface area contributed by atoms with Crippen LogP contribution in [0.1, 0.15) is 20.3 Å². The van der Waals surface area contributed by atoms with Crippen LogP contribution in [0.5, 0.6) is 0 Å². The van der Waals surface area contributed by atoms with E-state index in [0.29, 0.717) is 13.0 Å². The number of hydrogen-bond donors (Lipinski definition) is 1. The van der Waals surface area contributed by atoms with Crippen LogP contribution in [0.4, 0.5) is 0 Å². The van der Waals surface area contributed by atoms with Crippen LogP contribution < -0.4 is 0 Å². The number of imidazole rings is 1. The number of aliphatic hydroxyl groups is 1. The van der Waals surface area contributed by atoms with E-state index < -0.39 is 15.6 Å². The third-order valence-corrected chi connectivity index (χ3v) is 4.86. The Balaban J connectivity index is 2.16. The van der Waals surface area contributed by atoms with Crippen LogP contribution in [0.15, 0.2) is 17.6 Å². The SMILES string of the molecule is CCn1cnc(S(=O)(=O)N2CC(O)(CC)C2)c1. The lowest BCUT2D eigenvalue weighted by molar-refractivity contribution is -0.0614. The van der Waals surface area contributed by atoms with Crippen molar-refractivity contribution in [3.05, 3.63) is 12.5 Å². The number of sulfonamides is 1. The van der Waals surface area contributed by atoms with E-state index >= 15 is 0 Å². The molecule has 0 aliphatic carbocycles. The predicted octanol–water partition coefficient (Wildman–Crippen LogP) is 0.0484. The molecule has 1 aromatic heterocycles. The van der Waals surface area contributed by atoms with Gasteiger partial charge in [-0.15, -0.1) is 0 Å². The molecule has 1 aliphatic rings. The van der Waals surface area contributed by atoms with Crippen molar-refractivity contribution in [3.8, 4) is 0 Å². The average Bonchev–Trinajstić information content (AvgIpc) is 2.73. The molecule has 2 rings (SSSR count). The molecule has 0 aromatic carbocycles. The van der Waals surface area contributed by atoms with Crippen LogP contribution in [-0.4, -0.2) is 46.1 Å². The van der Waals surface area contributed by atoms with Crippen LogP contribution in [-0.2, 0) is 16.6 Å². The summed E-state index contributed by atoms with van der Waals surface area (Å²) in [5, 5.41) is 9.87. The highest BCUT2D eigenvalue weighted by atomic mass is 32.2.